The molecule has 1 aromatic heterocycles. The molecule has 1 rings (SSSR count). The topological polar surface area (TPSA) is 65.5 Å². The third-order valence-electron chi connectivity index (χ3n) is 2.34. The summed E-state index contributed by atoms with van der Waals surface area (Å²) in [4.78, 5) is 17.5. The minimum atomic E-state index is -0.216. The molecule has 0 saturated heterocycles. The van der Waals surface area contributed by atoms with Gasteiger partial charge in [-0.2, -0.15) is 0 Å². The van der Waals surface area contributed by atoms with Crippen LogP contribution < -0.4 is 5.32 Å². The molecular formula is C12H19N3O2. The molecule has 17 heavy (non-hydrogen) atoms. The lowest BCUT2D eigenvalue weighted by atomic mass is 10.3. The zero-order chi connectivity index (χ0) is 12.5. The van der Waals surface area contributed by atoms with Crippen molar-refractivity contribution < 1.29 is 9.90 Å². The summed E-state index contributed by atoms with van der Waals surface area (Å²) in [6.07, 6.45) is 3.56. The second-order valence-corrected chi connectivity index (χ2v) is 3.71. The number of aliphatic hydroxyl groups is 1. The Kier molecular flexibility index (Phi) is 6.03. The molecule has 5 heteroatoms. The number of aromatic nitrogens is 1. The maximum atomic E-state index is 11.9. The first kappa shape index (κ1) is 13.4. The van der Waals surface area contributed by atoms with Crippen LogP contribution in [0, 0.1) is 0 Å². The number of nitrogens with one attached hydrogen (secondary N) is 1. The Morgan fingerprint density at radius 3 is 2.88 bits per heavy atom. The minimum absolute atomic E-state index is 0.0284. The van der Waals surface area contributed by atoms with Crippen LogP contribution >= 0.6 is 0 Å². The molecule has 2 amide bonds. The van der Waals surface area contributed by atoms with E-state index in [2.05, 4.69) is 17.2 Å². The van der Waals surface area contributed by atoms with E-state index in [0.717, 1.165) is 12.8 Å². The lowest BCUT2D eigenvalue weighted by Crippen LogP contribution is -2.37. The van der Waals surface area contributed by atoms with Crippen molar-refractivity contribution in [3.8, 4) is 0 Å². The van der Waals surface area contributed by atoms with E-state index in [1.54, 1.807) is 23.2 Å². The summed E-state index contributed by atoms with van der Waals surface area (Å²) >= 11 is 0. The number of rotatable bonds is 6. The van der Waals surface area contributed by atoms with Gasteiger partial charge in [0.1, 0.15) is 5.82 Å². The molecule has 0 saturated carbocycles. The highest BCUT2D eigenvalue weighted by molar-refractivity contribution is 5.88. The Morgan fingerprint density at radius 1 is 1.47 bits per heavy atom. The van der Waals surface area contributed by atoms with Gasteiger partial charge in [0, 0.05) is 19.3 Å². The molecule has 5 nitrogen and oxygen atoms in total. The van der Waals surface area contributed by atoms with Gasteiger partial charge in [0.15, 0.2) is 0 Å². The minimum Gasteiger partial charge on any atom is -0.395 e. The van der Waals surface area contributed by atoms with Crippen molar-refractivity contribution in [3.05, 3.63) is 24.4 Å². The fourth-order valence-electron chi connectivity index (χ4n) is 1.41. The van der Waals surface area contributed by atoms with Crippen LogP contribution in [-0.4, -0.2) is 40.7 Å². The second kappa shape index (κ2) is 7.62. The average Bonchev–Trinajstić information content (AvgIpc) is 2.35. The molecule has 0 aliphatic heterocycles. The maximum Gasteiger partial charge on any atom is 0.323 e. The summed E-state index contributed by atoms with van der Waals surface area (Å²) in [5.74, 6) is 0.525. The number of nitrogens with zero attached hydrogens (tertiary/aromatic N) is 2. The number of urea groups is 1. The van der Waals surface area contributed by atoms with Crippen molar-refractivity contribution in [2.45, 2.75) is 19.8 Å². The molecule has 0 spiro atoms. The Hall–Kier alpha value is -1.62. The highest BCUT2D eigenvalue weighted by atomic mass is 16.3. The largest absolute Gasteiger partial charge is 0.395 e. The quantitative estimate of drug-likeness (QED) is 0.791. The van der Waals surface area contributed by atoms with Crippen LogP contribution in [0.15, 0.2) is 24.4 Å². The normalized spacial score (nSPS) is 10.0. The van der Waals surface area contributed by atoms with Gasteiger partial charge in [-0.3, -0.25) is 5.32 Å². The number of carbonyl (C=O) groups is 1. The summed E-state index contributed by atoms with van der Waals surface area (Å²) in [6.45, 7) is 3.03. The third-order valence-corrected chi connectivity index (χ3v) is 2.34. The van der Waals surface area contributed by atoms with Crippen LogP contribution in [-0.2, 0) is 0 Å². The van der Waals surface area contributed by atoms with E-state index in [9.17, 15) is 4.79 Å². The molecule has 0 atom stereocenters. The van der Waals surface area contributed by atoms with E-state index in [1.807, 2.05) is 6.07 Å². The fourth-order valence-corrected chi connectivity index (χ4v) is 1.41. The van der Waals surface area contributed by atoms with Crippen LogP contribution in [0.3, 0.4) is 0 Å². The molecule has 2 N–H and O–H groups in total. The highest BCUT2D eigenvalue weighted by Crippen LogP contribution is 2.03. The molecule has 0 fully saturated rings. The molecule has 0 aliphatic carbocycles. The number of pyridine rings is 1. The van der Waals surface area contributed by atoms with E-state index in [-0.39, 0.29) is 12.6 Å². The van der Waals surface area contributed by atoms with Crippen molar-refractivity contribution in [2.24, 2.45) is 0 Å². The predicted molar refractivity (Wildman–Crippen MR) is 66.8 cm³/mol. The number of anilines is 1. The predicted octanol–water partition coefficient (Wildman–Crippen LogP) is 1.71. The standard InChI is InChI=1S/C12H19N3O2/c1-2-3-8-15(9-10-16)12(17)14-11-6-4-5-7-13-11/h4-7,16H,2-3,8-10H2,1H3,(H,13,14,17). The van der Waals surface area contributed by atoms with E-state index >= 15 is 0 Å². The first-order valence-corrected chi connectivity index (χ1v) is 5.85. The molecule has 1 aromatic rings. The van der Waals surface area contributed by atoms with Gasteiger partial charge in [0.05, 0.1) is 6.61 Å². The summed E-state index contributed by atoms with van der Waals surface area (Å²) in [5.41, 5.74) is 0. The smallest absolute Gasteiger partial charge is 0.323 e. The van der Waals surface area contributed by atoms with Gasteiger partial charge < -0.3 is 10.0 Å². The summed E-state index contributed by atoms with van der Waals surface area (Å²) in [5, 5.41) is 11.6. The zero-order valence-electron chi connectivity index (χ0n) is 10.1. The molecule has 1 heterocycles. The summed E-state index contributed by atoms with van der Waals surface area (Å²) in [7, 11) is 0. The number of unbranched alkanes of at least 4 members (excludes halogenated alkanes) is 1. The summed E-state index contributed by atoms with van der Waals surface area (Å²) < 4.78 is 0. The number of hydrogen-bond acceptors (Lipinski definition) is 3. The summed E-state index contributed by atoms with van der Waals surface area (Å²) in [6, 6.07) is 5.11. The van der Waals surface area contributed by atoms with Gasteiger partial charge in [-0.25, -0.2) is 9.78 Å². The van der Waals surface area contributed by atoms with E-state index in [0.29, 0.717) is 18.9 Å². The molecular weight excluding hydrogens is 218 g/mol. The van der Waals surface area contributed by atoms with Gasteiger partial charge >= 0.3 is 6.03 Å². The van der Waals surface area contributed by atoms with Gasteiger partial charge in [0.25, 0.3) is 0 Å². The van der Waals surface area contributed by atoms with Crippen molar-refractivity contribution in [1.29, 1.82) is 0 Å². The monoisotopic (exact) mass is 237 g/mol. The van der Waals surface area contributed by atoms with Crippen molar-refractivity contribution in [1.82, 2.24) is 9.88 Å². The van der Waals surface area contributed by atoms with E-state index in [4.69, 9.17) is 5.11 Å². The molecule has 0 aliphatic rings. The molecule has 94 valence electrons. The zero-order valence-corrected chi connectivity index (χ0v) is 10.1. The Bertz CT molecular complexity index is 330. The van der Waals surface area contributed by atoms with Crippen molar-refractivity contribution in [3.63, 3.8) is 0 Å². The van der Waals surface area contributed by atoms with E-state index < -0.39 is 0 Å². The number of carbonyl (C=O) groups excluding carboxylic acids is 1. The van der Waals surface area contributed by atoms with Gasteiger partial charge in [-0.15, -0.1) is 0 Å². The van der Waals surface area contributed by atoms with Crippen LogP contribution in [0.1, 0.15) is 19.8 Å². The van der Waals surface area contributed by atoms with Gasteiger partial charge in [-0.05, 0) is 18.6 Å². The lowest BCUT2D eigenvalue weighted by molar-refractivity contribution is 0.187. The molecule has 0 radical (unpaired) electrons. The third kappa shape index (κ3) is 4.82. The number of hydrogen-bond donors (Lipinski definition) is 2. The van der Waals surface area contributed by atoms with Crippen LogP contribution in [0.25, 0.3) is 0 Å². The fraction of sp³-hybridized carbons (Fsp3) is 0.500. The van der Waals surface area contributed by atoms with Crippen LogP contribution in [0.5, 0.6) is 0 Å². The highest BCUT2D eigenvalue weighted by Gasteiger charge is 2.12. The van der Waals surface area contributed by atoms with Crippen molar-refractivity contribution in [2.75, 3.05) is 25.0 Å². The van der Waals surface area contributed by atoms with Gasteiger partial charge in [0.2, 0.25) is 0 Å². The van der Waals surface area contributed by atoms with Crippen LogP contribution in [0.4, 0.5) is 10.6 Å². The van der Waals surface area contributed by atoms with Gasteiger partial charge in [-0.1, -0.05) is 19.4 Å². The number of amides is 2. The molecule has 0 unspecified atom stereocenters. The maximum absolute atomic E-state index is 11.9. The first-order valence-electron chi connectivity index (χ1n) is 5.85. The molecule has 0 aromatic carbocycles. The Morgan fingerprint density at radius 2 is 2.29 bits per heavy atom. The lowest BCUT2D eigenvalue weighted by Gasteiger charge is -2.21. The van der Waals surface area contributed by atoms with Crippen molar-refractivity contribution >= 4 is 11.8 Å². The Labute approximate surface area is 101 Å². The molecule has 0 bridgehead atoms. The second-order valence-electron chi connectivity index (χ2n) is 3.71. The first-order chi connectivity index (χ1) is 8.27. The Balaban J connectivity index is 2.52. The number of aliphatic hydroxyl groups excluding tert-OH is 1. The van der Waals surface area contributed by atoms with Crippen LogP contribution in [0.2, 0.25) is 0 Å². The van der Waals surface area contributed by atoms with E-state index in [1.165, 1.54) is 0 Å². The SMILES string of the molecule is CCCCN(CCO)C(=O)Nc1ccccn1. The average molecular weight is 237 g/mol.